The summed E-state index contributed by atoms with van der Waals surface area (Å²) in [5.41, 5.74) is 0.509. The number of amides is 1. The van der Waals surface area contributed by atoms with Crippen LogP contribution in [0.2, 0.25) is 0 Å². The highest BCUT2D eigenvalue weighted by molar-refractivity contribution is 6.04. The number of carbonyl (C=O) groups is 1. The average Bonchev–Trinajstić information content (AvgIpc) is 2.36. The Labute approximate surface area is 108 Å². The van der Waals surface area contributed by atoms with Crippen LogP contribution in [0, 0.1) is 18.6 Å². The summed E-state index contributed by atoms with van der Waals surface area (Å²) in [4.78, 5) is 11.9. The van der Waals surface area contributed by atoms with Crippen LogP contribution in [-0.2, 0) is 0 Å². The number of anilines is 1. The van der Waals surface area contributed by atoms with Gasteiger partial charge in [0.05, 0.1) is 5.69 Å². The topological polar surface area (TPSA) is 49.3 Å². The molecule has 0 unspecified atom stereocenters. The molecular formula is C14H11F2NO2. The van der Waals surface area contributed by atoms with Gasteiger partial charge in [0.15, 0.2) is 0 Å². The Morgan fingerprint density at radius 2 is 1.84 bits per heavy atom. The predicted molar refractivity (Wildman–Crippen MR) is 67.2 cm³/mol. The van der Waals surface area contributed by atoms with Crippen LogP contribution in [0.1, 0.15) is 15.9 Å². The Kier molecular flexibility index (Phi) is 3.46. The summed E-state index contributed by atoms with van der Waals surface area (Å²) in [6, 6.07) is 7.27. The van der Waals surface area contributed by atoms with Gasteiger partial charge < -0.3 is 10.4 Å². The fraction of sp³-hybridized carbons (Fsp3) is 0.0714. The minimum absolute atomic E-state index is 0.0511. The summed E-state index contributed by atoms with van der Waals surface area (Å²) in [6.45, 7) is 1.53. The van der Waals surface area contributed by atoms with Crippen LogP contribution in [-0.4, -0.2) is 11.0 Å². The van der Waals surface area contributed by atoms with E-state index in [0.717, 1.165) is 6.07 Å². The minimum Gasteiger partial charge on any atom is -0.508 e. The molecule has 0 spiro atoms. The molecule has 0 aliphatic heterocycles. The summed E-state index contributed by atoms with van der Waals surface area (Å²) in [5.74, 6) is -1.93. The summed E-state index contributed by atoms with van der Waals surface area (Å²) >= 11 is 0. The van der Waals surface area contributed by atoms with Crippen molar-refractivity contribution in [3.63, 3.8) is 0 Å². The molecule has 3 nitrogen and oxygen atoms in total. The molecule has 0 bridgehead atoms. The van der Waals surface area contributed by atoms with E-state index in [0.29, 0.717) is 5.56 Å². The van der Waals surface area contributed by atoms with Gasteiger partial charge in [-0.15, -0.1) is 0 Å². The van der Waals surface area contributed by atoms with E-state index in [1.807, 2.05) is 0 Å². The molecule has 2 aromatic rings. The van der Waals surface area contributed by atoms with Gasteiger partial charge in [-0.05, 0) is 42.8 Å². The maximum Gasteiger partial charge on any atom is 0.255 e. The first-order valence-electron chi connectivity index (χ1n) is 5.53. The van der Waals surface area contributed by atoms with Crippen molar-refractivity contribution < 1.29 is 18.7 Å². The van der Waals surface area contributed by atoms with Crippen LogP contribution >= 0.6 is 0 Å². The molecular weight excluding hydrogens is 252 g/mol. The first-order valence-corrected chi connectivity index (χ1v) is 5.53. The van der Waals surface area contributed by atoms with Gasteiger partial charge in [-0.1, -0.05) is 0 Å². The highest BCUT2D eigenvalue weighted by Gasteiger charge is 2.11. The molecule has 98 valence electrons. The molecule has 2 rings (SSSR count). The van der Waals surface area contributed by atoms with Gasteiger partial charge in [0.25, 0.3) is 5.91 Å². The van der Waals surface area contributed by atoms with Crippen molar-refractivity contribution in [2.24, 2.45) is 0 Å². The zero-order valence-corrected chi connectivity index (χ0v) is 10.1. The molecule has 5 heteroatoms. The number of hydrogen-bond acceptors (Lipinski definition) is 2. The van der Waals surface area contributed by atoms with E-state index < -0.39 is 17.5 Å². The largest absolute Gasteiger partial charge is 0.508 e. The van der Waals surface area contributed by atoms with E-state index in [1.54, 1.807) is 0 Å². The van der Waals surface area contributed by atoms with E-state index in [9.17, 15) is 13.6 Å². The Morgan fingerprint density at radius 1 is 1.11 bits per heavy atom. The van der Waals surface area contributed by atoms with Gasteiger partial charge in [0, 0.05) is 11.6 Å². The number of benzene rings is 2. The maximum atomic E-state index is 13.4. The third kappa shape index (κ3) is 2.88. The van der Waals surface area contributed by atoms with Crippen LogP contribution in [0.25, 0.3) is 0 Å². The van der Waals surface area contributed by atoms with E-state index in [1.165, 1.54) is 37.3 Å². The third-order valence-corrected chi connectivity index (χ3v) is 2.62. The van der Waals surface area contributed by atoms with Crippen LogP contribution in [0.5, 0.6) is 5.75 Å². The number of aryl methyl sites for hydroxylation is 1. The van der Waals surface area contributed by atoms with Crippen molar-refractivity contribution >= 4 is 11.6 Å². The predicted octanol–water partition coefficient (Wildman–Crippen LogP) is 3.23. The molecule has 0 atom stereocenters. The molecule has 0 heterocycles. The quantitative estimate of drug-likeness (QED) is 0.817. The molecule has 0 saturated carbocycles. The molecule has 1 amide bonds. The first-order chi connectivity index (χ1) is 8.97. The minimum atomic E-state index is -0.743. The normalized spacial score (nSPS) is 10.3. The van der Waals surface area contributed by atoms with Crippen molar-refractivity contribution in [2.75, 3.05) is 5.32 Å². The SMILES string of the molecule is Cc1cc(C(=O)Nc2ccc(O)cc2F)ccc1F. The number of rotatable bonds is 2. The number of aromatic hydroxyl groups is 1. The zero-order valence-electron chi connectivity index (χ0n) is 10.1. The van der Waals surface area contributed by atoms with E-state index in [-0.39, 0.29) is 17.0 Å². The van der Waals surface area contributed by atoms with Crippen LogP contribution in [0.3, 0.4) is 0 Å². The average molecular weight is 263 g/mol. The summed E-state index contributed by atoms with van der Waals surface area (Å²) in [7, 11) is 0. The third-order valence-electron chi connectivity index (χ3n) is 2.62. The lowest BCUT2D eigenvalue weighted by Gasteiger charge is -2.07. The van der Waals surface area contributed by atoms with E-state index in [4.69, 9.17) is 5.11 Å². The molecule has 0 saturated heterocycles. The molecule has 2 aromatic carbocycles. The monoisotopic (exact) mass is 263 g/mol. The number of carbonyl (C=O) groups excluding carboxylic acids is 1. The summed E-state index contributed by atoms with van der Waals surface area (Å²) < 4.78 is 26.5. The molecule has 0 aliphatic carbocycles. The fourth-order valence-corrected chi connectivity index (χ4v) is 1.59. The van der Waals surface area contributed by atoms with Gasteiger partial charge in [-0.25, -0.2) is 8.78 Å². The van der Waals surface area contributed by atoms with Gasteiger partial charge in [0.2, 0.25) is 0 Å². The molecule has 0 aromatic heterocycles. The van der Waals surface area contributed by atoms with E-state index >= 15 is 0 Å². The van der Waals surface area contributed by atoms with Crippen molar-refractivity contribution in [3.8, 4) is 5.75 Å². The smallest absolute Gasteiger partial charge is 0.255 e. The number of hydrogen-bond donors (Lipinski definition) is 2. The van der Waals surface area contributed by atoms with Crippen LogP contribution < -0.4 is 5.32 Å². The van der Waals surface area contributed by atoms with Crippen LogP contribution in [0.4, 0.5) is 14.5 Å². The number of nitrogens with one attached hydrogen (secondary N) is 1. The van der Waals surface area contributed by atoms with Crippen molar-refractivity contribution in [1.29, 1.82) is 0 Å². The second-order valence-corrected chi connectivity index (χ2v) is 4.08. The Hall–Kier alpha value is -2.43. The van der Waals surface area contributed by atoms with Crippen molar-refractivity contribution in [3.05, 3.63) is 59.2 Å². The maximum absolute atomic E-state index is 13.4. The first kappa shape index (κ1) is 13.0. The Morgan fingerprint density at radius 3 is 2.47 bits per heavy atom. The van der Waals surface area contributed by atoms with Gasteiger partial charge >= 0.3 is 0 Å². The molecule has 2 N–H and O–H groups in total. The molecule has 0 aliphatic rings. The van der Waals surface area contributed by atoms with Gasteiger partial charge in [0.1, 0.15) is 17.4 Å². The van der Waals surface area contributed by atoms with Crippen molar-refractivity contribution in [1.82, 2.24) is 0 Å². The number of halogens is 2. The highest BCUT2D eigenvalue weighted by atomic mass is 19.1. The van der Waals surface area contributed by atoms with Crippen molar-refractivity contribution in [2.45, 2.75) is 6.92 Å². The molecule has 19 heavy (non-hydrogen) atoms. The summed E-state index contributed by atoms with van der Waals surface area (Å²) in [5, 5.41) is 11.4. The number of phenols is 1. The standard InChI is InChI=1S/C14H11F2NO2/c1-8-6-9(2-4-11(8)15)14(19)17-13-5-3-10(18)7-12(13)16/h2-7,18H,1H3,(H,17,19). The lowest BCUT2D eigenvalue weighted by molar-refractivity contribution is 0.102. The second-order valence-electron chi connectivity index (χ2n) is 4.08. The lowest BCUT2D eigenvalue weighted by atomic mass is 10.1. The lowest BCUT2D eigenvalue weighted by Crippen LogP contribution is -2.13. The fourth-order valence-electron chi connectivity index (χ4n) is 1.59. The Bertz CT molecular complexity index is 641. The van der Waals surface area contributed by atoms with Gasteiger partial charge in [-0.2, -0.15) is 0 Å². The highest BCUT2D eigenvalue weighted by Crippen LogP contribution is 2.20. The summed E-state index contributed by atoms with van der Waals surface area (Å²) in [6.07, 6.45) is 0. The van der Waals surface area contributed by atoms with Crippen LogP contribution in [0.15, 0.2) is 36.4 Å². The van der Waals surface area contributed by atoms with Gasteiger partial charge in [-0.3, -0.25) is 4.79 Å². The van der Waals surface area contributed by atoms with E-state index in [2.05, 4.69) is 5.32 Å². The molecule has 0 radical (unpaired) electrons. The number of phenolic OH excluding ortho intramolecular Hbond substituents is 1. The molecule has 0 fully saturated rings. The second kappa shape index (κ2) is 5.06. The Balaban J connectivity index is 2.23. The zero-order chi connectivity index (χ0) is 14.0.